The predicted octanol–water partition coefficient (Wildman–Crippen LogP) is 3.75. The van der Waals surface area contributed by atoms with E-state index in [0.29, 0.717) is 22.3 Å². The smallest absolute Gasteiger partial charge is 0.256 e. The number of ether oxygens (including phenoxy) is 1. The van der Waals surface area contributed by atoms with E-state index >= 15 is 0 Å². The zero-order chi connectivity index (χ0) is 17.5. The van der Waals surface area contributed by atoms with Gasteiger partial charge in [0, 0.05) is 31.7 Å². The highest BCUT2D eigenvalue weighted by atomic mass is 35.5. The Morgan fingerprint density at radius 1 is 1.33 bits per heavy atom. The molecule has 1 heterocycles. The number of halogens is 1. The van der Waals surface area contributed by atoms with Crippen LogP contribution in [0.1, 0.15) is 30.1 Å². The fourth-order valence-corrected chi connectivity index (χ4v) is 2.35. The van der Waals surface area contributed by atoms with Gasteiger partial charge in [-0.25, -0.2) is 9.97 Å². The minimum atomic E-state index is -0.0810. The van der Waals surface area contributed by atoms with Crippen LogP contribution in [0, 0.1) is 0 Å². The van der Waals surface area contributed by atoms with E-state index in [4.69, 9.17) is 16.3 Å². The molecule has 0 unspecified atom stereocenters. The van der Waals surface area contributed by atoms with Crippen molar-refractivity contribution in [3.63, 3.8) is 0 Å². The predicted molar refractivity (Wildman–Crippen MR) is 95.2 cm³/mol. The molecule has 0 saturated carbocycles. The third kappa shape index (κ3) is 4.58. The summed E-state index contributed by atoms with van der Waals surface area (Å²) >= 11 is 6.08. The molecule has 2 rings (SSSR count). The summed E-state index contributed by atoms with van der Waals surface area (Å²) in [7, 11) is 3.34. The average Bonchev–Trinajstić information content (AvgIpc) is 2.60. The maximum Gasteiger partial charge on any atom is 0.256 e. The van der Waals surface area contributed by atoms with Crippen molar-refractivity contribution in [2.45, 2.75) is 19.8 Å². The Morgan fingerprint density at radius 2 is 2.04 bits per heavy atom. The summed E-state index contributed by atoms with van der Waals surface area (Å²) in [5.74, 6) is 0.908. The summed E-state index contributed by atoms with van der Waals surface area (Å²) < 4.78 is 5.11. The van der Waals surface area contributed by atoms with E-state index in [9.17, 15) is 4.79 Å². The van der Waals surface area contributed by atoms with Gasteiger partial charge >= 0.3 is 0 Å². The van der Waals surface area contributed by atoms with Crippen LogP contribution >= 0.6 is 11.6 Å². The Balaban J connectivity index is 2.04. The van der Waals surface area contributed by atoms with Gasteiger partial charge in [0.1, 0.15) is 5.75 Å². The molecule has 0 aliphatic rings. The fourth-order valence-electron chi connectivity index (χ4n) is 2.09. The van der Waals surface area contributed by atoms with E-state index < -0.39 is 0 Å². The third-order valence-corrected chi connectivity index (χ3v) is 3.80. The minimum absolute atomic E-state index is 0.0810. The Hall–Kier alpha value is -2.34. The summed E-state index contributed by atoms with van der Waals surface area (Å²) in [6, 6.07) is 5.29. The Labute approximate surface area is 146 Å². The Bertz CT molecular complexity index is 691. The van der Waals surface area contributed by atoms with E-state index in [1.54, 1.807) is 31.2 Å². The third-order valence-electron chi connectivity index (χ3n) is 3.50. The molecule has 1 aromatic heterocycles. The van der Waals surface area contributed by atoms with Crippen molar-refractivity contribution in [2.24, 2.45) is 0 Å². The molecule has 7 heteroatoms. The summed E-state index contributed by atoms with van der Waals surface area (Å²) in [4.78, 5) is 22.3. The molecule has 0 fully saturated rings. The monoisotopic (exact) mass is 348 g/mol. The van der Waals surface area contributed by atoms with Gasteiger partial charge < -0.3 is 15.0 Å². The van der Waals surface area contributed by atoms with Crippen LogP contribution in [-0.2, 0) is 0 Å². The molecule has 2 aromatic rings. The summed E-state index contributed by atoms with van der Waals surface area (Å²) in [5, 5.41) is 3.53. The normalized spacial score (nSPS) is 10.3. The number of hydrogen-bond donors (Lipinski definition) is 1. The van der Waals surface area contributed by atoms with E-state index in [1.807, 2.05) is 6.07 Å². The number of amides is 1. The van der Waals surface area contributed by atoms with Crippen molar-refractivity contribution in [1.82, 2.24) is 14.9 Å². The highest BCUT2D eigenvalue weighted by molar-refractivity contribution is 6.32. The highest BCUT2D eigenvalue weighted by Gasteiger charge is 2.12. The second-order valence-electron chi connectivity index (χ2n) is 5.35. The van der Waals surface area contributed by atoms with Crippen LogP contribution < -0.4 is 10.1 Å². The molecule has 6 nitrogen and oxygen atoms in total. The summed E-state index contributed by atoms with van der Waals surface area (Å²) in [5.41, 5.74) is 1.20. The summed E-state index contributed by atoms with van der Waals surface area (Å²) in [6.07, 6.45) is 5.05. The number of anilines is 2. The first-order valence-corrected chi connectivity index (χ1v) is 8.11. The van der Waals surface area contributed by atoms with Gasteiger partial charge in [0.2, 0.25) is 5.95 Å². The molecule has 128 valence electrons. The zero-order valence-corrected chi connectivity index (χ0v) is 14.8. The van der Waals surface area contributed by atoms with Crippen LogP contribution in [0.3, 0.4) is 0 Å². The van der Waals surface area contributed by atoms with E-state index in [2.05, 4.69) is 22.2 Å². The van der Waals surface area contributed by atoms with E-state index in [-0.39, 0.29) is 5.91 Å². The molecule has 1 amide bonds. The lowest BCUT2D eigenvalue weighted by atomic mass is 10.2. The van der Waals surface area contributed by atoms with Gasteiger partial charge in [0.05, 0.1) is 17.7 Å². The van der Waals surface area contributed by atoms with Gasteiger partial charge in [-0.2, -0.15) is 0 Å². The van der Waals surface area contributed by atoms with Gasteiger partial charge in [-0.3, -0.25) is 4.79 Å². The van der Waals surface area contributed by atoms with Gasteiger partial charge in [-0.1, -0.05) is 24.9 Å². The van der Waals surface area contributed by atoms with Crippen LogP contribution in [0.5, 0.6) is 5.75 Å². The van der Waals surface area contributed by atoms with Gasteiger partial charge in [0.25, 0.3) is 5.91 Å². The van der Waals surface area contributed by atoms with Crippen LogP contribution in [0.4, 0.5) is 11.6 Å². The van der Waals surface area contributed by atoms with Crippen molar-refractivity contribution in [1.29, 1.82) is 0 Å². The van der Waals surface area contributed by atoms with Crippen molar-refractivity contribution in [2.75, 3.05) is 26.0 Å². The first kappa shape index (κ1) is 18.0. The molecule has 0 atom stereocenters. The first-order chi connectivity index (χ1) is 11.5. The van der Waals surface area contributed by atoms with Crippen molar-refractivity contribution in [3.8, 4) is 5.75 Å². The number of aromatic nitrogens is 2. The van der Waals surface area contributed by atoms with Crippen LogP contribution in [0.2, 0.25) is 5.02 Å². The largest absolute Gasteiger partial charge is 0.495 e. The maximum absolute atomic E-state index is 12.2. The molecular weight excluding hydrogens is 328 g/mol. The SMILES string of the molecule is CCCCN(C)C(=O)c1cnc(Nc2ccc(OC)c(Cl)c2)nc1. The molecule has 24 heavy (non-hydrogen) atoms. The molecule has 0 saturated heterocycles. The lowest BCUT2D eigenvalue weighted by molar-refractivity contribution is 0.0792. The van der Waals surface area contributed by atoms with E-state index in [0.717, 1.165) is 25.1 Å². The summed E-state index contributed by atoms with van der Waals surface area (Å²) in [6.45, 7) is 2.81. The number of nitrogens with zero attached hydrogens (tertiary/aromatic N) is 3. The molecule has 1 aromatic carbocycles. The number of nitrogens with one attached hydrogen (secondary N) is 1. The fraction of sp³-hybridized carbons (Fsp3) is 0.353. The molecule has 0 bridgehead atoms. The number of benzene rings is 1. The second kappa shape index (κ2) is 8.49. The highest BCUT2D eigenvalue weighted by Crippen LogP contribution is 2.28. The molecule has 1 N–H and O–H groups in total. The molecule has 0 aliphatic carbocycles. The number of carbonyl (C=O) groups is 1. The topological polar surface area (TPSA) is 67.4 Å². The van der Waals surface area contributed by atoms with Gasteiger partial charge in [-0.05, 0) is 24.6 Å². The van der Waals surface area contributed by atoms with E-state index in [1.165, 1.54) is 12.4 Å². The quantitative estimate of drug-likeness (QED) is 0.825. The first-order valence-electron chi connectivity index (χ1n) is 7.73. The average molecular weight is 349 g/mol. The van der Waals surface area contributed by atoms with Crippen molar-refractivity contribution in [3.05, 3.63) is 41.2 Å². The lowest BCUT2D eigenvalue weighted by Gasteiger charge is -2.16. The molecule has 0 radical (unpaired) electrons. The lowest BCUT2D eigenvalue weighted by Crippen LogP contribution is -2.27. The molecular formula is C17H21ClN4O2. The number of rotatable bonds is 7. The standard InChI is InChI=1S/C17H21ClN4O2/c1-4-5-8-22(2)16(23)12-10-19-17(20-11-12)21-13-6-7-15(24-3)14(18)9-13/h6-7,9-11H,4-5,8H2,1-3H3,(H,19,20,21). The van der Waals surface area contributed by atoms with Gasteiger partial charge in [0.15, 0.2) is 0 Å². The minimum Gasteiger partial charge on any atom is -0.495 e. The molecule has 0 spiro atoms. The second-order valence-corrected chi connectivity index (χ2v) is 5.76. The number of carbonyl (C=O) groups excluding carboxylic acids is 1. The zero-order valence-electron chi connectivity index (χ0n) is 14.0. The van der Waals surface area contributed by atoms with Crippen LogP contribution in [0.25, 0.3) is 0 Å². The maximum atomic E-state index is 12.2. The number of methoxy groups -OCH3 is 1. The molecule has 0 aliphatic heterocycles. The number of hydrogen-bond acceptors (Lipinski definition) is 5. The number of unbranched alkanes of at least 4 members (excludes halogenated alkanes) is 1. The van der Waals surface area contributed by atoms with Crippen molar-refractivity contribution < 1.29 is 9.53 Å². The van der Waals surface area contributed by atoms with Crippen molar-refractivity contribution >= 4 is 29.1 Å². The van der Waals surface area contributed by atoms with Crippen LogP contribution in [-0.4, -0.2) is 41.5 Å². The Morgan fingerprint density at radius 3 is 2.62 bits per heavy atom. The van der Waals surface area contributed by atoms with Crippen LogP contribution in [0.15, 0.2) is 30.6 Å². The Kier molecular flexibility index (Phi) is 6.37. The van der Waals surface area contributed by atoms with Gasteiger partial charge in [-0.15, -0.1) is 0 Å².